The van der Waals surface area contributed by atoms with Gasteiger partial charge in [-0.2, -0.15) is 9.61 Å². The molecule has 0 saturated heterocycles. The number of aryl methyl sites for hydroxylation is 1. The molecule has 0 aliphatic carbocycles. The third kappa shape index (κ3) is 2.92. The Hall–Kier alpha value is -2.25. The Morgan fingerprint density at radius 1 is 1.08 bits per heavy atom. The summed E-state index contributed by atoms with van der Waals surface area (Å²) in [6.07, 6.45) is 0. The number of fused-ring (bicyclic) bond motifs is 1. The Bertz CT molecular complexity index is 993. The van der Waals surface area contributed by atoms with Crippen LogP contribution in [0.5, 0.6) is 5.75 Å². The van der Waals surface area contributed by atoms with Crippen LogP contribution in [0.3, 0.4) is 0 Å². The first-order valence-corrected chi connectivity index (χ1v) is 8.97. The van der Waals surface area contributed by atoms with Crippen molar-refractivity contribution in [2.45, 2.75) is 13.5 Å². The van der Waals surface area contributed by atoms with E-state index in [0.29, 0.717) is 6.61 Å². The maximum absolute atomic E-state index is 5.78. The lowest BCUT2D eigenvalue weighted by atomic mass is 10.1. The molecule has 4 rings (SSSR count). The van der Waals surface area contributed by atoms with Crippen LogP contribution in [0.1, 0.15) is 10.6 Å². The number of halogens is 1. The van der Waals surface area contributed by atoms with E-state index in [9.17, 15) is 0 Å². The van der Waals surface area contributed by atoms with Crippen molar-refractivity contribution >= 4 is 32.2 Å². The molecule has 5 nitrogen and oxygen atoms in total. The normalized spacial score (nSPS) is 11.1. The molecule has 2 aromatic carbocycles. The second-order valence-corrected chi connectivity index (χ2v) is 7.23. The van der Waals surface area contributed by atoms with Gasteiger partial charge in [-0.1, -0.05) is 51.5 Å². The highest BCUT2D eigenvalue weighted by Gasteiger charge is 2.14. The lowest BCUT2D eigenvalue weighted by molar-refractivity contribution is 0.304. The predicted octanol–water partition coefficient (Wildman–Crippen LogP) is 4.50. The van der Waals surface area contributed by atoms with Crippen molar-refractivity contribution in [3.05, 3.63) is 63.6 Å². The minimum atomic E-state index is 0.406. The monoisotopic (exact) mass is 400 g/mol. The van der Waals surface area contributed by atoms with Crippen LogP contribution in [0, 0.1) is 6.92 Å². The minimum Gasteiger partial charge on any atom is -0.486 e. The Morgan fingerprint density at radius 2 is 1.88 bits per heavy atom. The SMILES string of the molecule is Cc1ccccc1-c1nnc2sc(COc3ccc(Br)cc3)nn12. The van der Waals surface area contributed by atoms with Crippen LogP contribution >= 0.6 is 27.3 Å². The van der Waals surface area contributed by atoms with E-state index >= 15 is 0 Å². The first-order valence-electron chi connectivity index (χ1n) is 7.36. The van der Waals surface area contributed by atoms with Crippen LogP contribution in [-0.4, -0.2) is 19.8 Å². The summed E-state index contributed by atoms with van der Waals surface area (Å²) in [7, 11) is 0. The molecule has 2 heterocycles. The van der Waals surface area contributed by atoms with Crippen molar-refractivity contribution in [3.8, 4) is 17.1 Å². The summed E-state index contributed by atoms with van der Waals surface area (Å²) in [6.45, 7) is 2.46. The summed E-state index contributed by atoms with van der Waals surface area (Å²) >= 11 is 4.90. The summed E-state index contributed by atoms with van der Waals surface area (Å²) in [5, 5.41) is 14.0. The highest BCUT2D eigenvalue weighted by Crippen LogP contribution is 2.25. The molecule has 0 atom stereocenters. The summed E-state index contributed by atoms with van der Waals surface area (Å²) in [5.74, 6) is 1.57. The Labute approximate surface area is 151 Å². The third-order valence-electron chi connectivity index (χ3n) is 3.59. The number of aromatic nitrogens is 4. The number of rotatable bonds is 4. The maximum atomic E-state index is 5.78. The lowest BCUT2D eigenvalue weighted by Gasteiger charge is -2.03. The van der Waals surface area contributed by atoms with Gasteiger partial charge in [-0.3, -0.25) is 0 Å². The van der Waals surface area contributed by atoms with Gasteiger partial charge in [-0.05, 0) is 36.8 Å². The molecule has 2 aromatic heterocycles. The van der Waals surface area contributed by atoms with Gasteiger partial charge in [0, 0.05) is 10.0 Å². The molecule has 0 fully saturated rings. The van der Waals surface area contributed by atoms with E-state index in [1.165, 1.54) is 11.3 Å². The number of benzene rings is 2. The fraction of sp³-hybridized carbons (Fsp3) is 0.118. The summed E-state index contributed by atoms with van der Waals surface area (Å²) < 4.78 is 8.59. The zero-order chi connectivity index (χ0) is 16.5. The van der Waals surface area contributed by atoms with Gasteiger partial charge in [0.05, 0.1) is 0 Å². The minimum absolute atomic E-state index is 0.406. The van der Waals surface area contributed by atoms with E-state index < -0.39 is 0 Å². The van der Waals surface area contributed by atoms with Gasteiger partial charge in [-0.15, -0.1) is 10.2 Å². The molecule has 24 heavy (non-hydrogen) atoms. The number of nitrogens with zero attached hydrogens (tertiary/aromatic N) is 4. The van der Waals surface area contributed by atoms with Crippen LogP contribution in [0.2, 0.25) is 0 Å². The molecule has 0 aliphatic heterocycles. The van der Waals surface area contributed by atoms with Gasteiger partial charge in [0.1, 0.15) is 12.4 Å². The zero-order valence-corrected chi connectivity index (χ0v) is 15.2. The van der Waals surface area contributed by atoms with E-state index in [-0.39, 0.29) is 0 Å². The molecule has 0 radical (unpaired) electrons. The zero-order valence-electron chi connectivity index (χ0n) is 12.8. The van der Waals surface area contributed by atoms with Crippen LogP contribution in [-0.2, 0) is 6.61 Å². The van der Waals surface area contributed by atoms with Crippen LogP contribution in [0.25, 0.3) is 16.3 Å². The summed E-state index contributed by atoms with van der Waals surface area (Å²) in [5.41, 5.74) is 2.18. The Kier molecular flexibility index (Phi) is 4.03. The highest BCUT2D eigenvalue weighted by molar-refractivity contribution is 9.10. The second kappa shape index (κ2) is 6.33. The average Bonchev–Trinajstić information content (AvgIpc) is 3.15. The van der Waals surface area contributed by atoms with Crippen LogP contribution in [0.15, 0.2) is 53.0 Å². The smallest absolute Gasteiger partial charge is 0.235 e. The predicted molar refractivity (Wildman–Crippen MR) is 97.3 cm³/mol. The van der Waals surface area contributed by atoms with Crippen molar-refractivity contribution < 1.29 is 4.74 Å². The molecule has 7 heteroatoms. The van der Waals surface area contributed by atoms with Crippen molar-refractivity contribution in [2.24, 2.45) is 0 Å². The van der Waals surface area contributed by atoms with Gasteiger partial charge in [0.15, 0.2) is 10.8 Å². The largest absolute Gasteiger partial charge is 0.486 e. The molecule has 0 aliphatic rings. The van der Waals surface area contributed by atoms with E-state index in [1.807, 2.05) is 42.5 Å². The molecule has 0 unspecified atom stereocenters. The van der Waals surface area contributed by atoms with E-state index in [0.717, 1.165) is 37.1 Å². The molecule has 4 aromatic rings. The van der Waals surface area contributed by atoms with Crippen LogP contribution < -0.4 is 4.74 Å². The van der Waals surface area contributed by atoms with E-state index in [2.05, 4.69) is 44.2 Å². The fourth-order valence-corrected chi connectivity index (χ4v) is 3.39. The Morgan fingerprint density at radius 3 is 2.67 bits per heavy atom. The first-order chi connectivity index (χ1) is 11.7. The maximum Gasteiger partial charge on any atom is 0.235 e. The number of hydrogen-bond acceptors (Lipinski definition) is 5. The number of hydrogen-bond donors (Lipinski definition) is 0. The molecular weight excluding hydrogens is 388 g/mol. The number of ether oxygens (including phenoxy) is 1. The second-order valence-electron chi connectivity index (χ2n) is 5.27. The summed E-state index contributed by atoms with van der Waals surface area (Å²) in [4.78, 5) is 0.766. The molecule has 0 amide bonds. The Balaban J connectivity index is 1.60. The standard InChI is InChI=1S/C17H13BrN4OS/c1-11-4-2-3-5-14(11)16-19-20-17-22(16)21-15(24-17)10-23-13-8-6-12(18)7-9-13/h2-9H,10H2,1H3. The van der Waals surface area contributed by atoms with Crippen molar-refractivity contribution in [1.82, 2.24) is 19.8 Å². The molecular formula is C17H13BrN4OS. The average molecular weight is 401 g/mol. The van der Waals surface area contributed by atoms with E-state index in [1.54, 1.807) is 4.52 Å². The molecule has 0 saturated carbocycles. The lowest BCUT2D eigenvalue weighted by Crippen LogP contribution is -1.98. The van der Waals surface area contributed by atoms with Crippen molar-refractivity contribution in [1.29, 1.82) is 0 Å². The molecule has 0 bridgehead atoms. The quantitative estimate of drug-likeness (QED) is 0.505. The highest BCUT2D eigenvalue weighted by atomic mass is 79.9. The van der Waals surface area contributed by atoms with Gasteiger partial charge in [-0.25, -0.2) is 0 Å². The van der Waals surface area contributed by atoms with Crippen molar-refractivity contribution in [2.75, 3.05) is 0 Å². The van der Waals surface area contributed by atoms with Crippen LogP contribution in [0.4, 0.5) is 0 Å². The molecule has 0 spiro atoms. The van der Waals surface area contributed by atoms with Gasteiger partial charge < -0.3 is 4.74 Å². The summed E-state index contributed by atoms with van der Waals surface area (Å²) in [6, 6.07) is 15.8. The van der Waals surface area contributed by atoms with Crippen molar-refractivity contribution in [3.63, 3.8) is 0 Å². The first kappa shape index (κ1) is 15.3. The molecule has 120 valence electrons. The fourth-order valence-electron chi connectivity index (χ4n) is 2.38. The van der Waals surface area contributed by atoms with Gasteiger partial charge in [0.2, 0.25) is 4.96 Å². The topological polar surface area (TPSA) is 52.3 Å². The third-order valence-corrected chi connectivity index (χ3v) is 5.00. The van der Waals surface area contributed by atoms with E-state index in [4.69, 9.17) is 4.74 Å². The molecule has 0 N–H and O–H groups in total. The van der Waals surface area contributed by atoms with Gasteiger partial charge in [0.25, 0.3) is 0 Å². The van der Waals surface area contributed by atoms with Gasteiger partial charge >= 0.3 is 0 Å².